The summed E-state index contributed by atoms with van der Waals surface area (Å²) in [5, 5.41) is 12.9. The zero-order valence-electron chi connectivity index (χ0n) is 19.4. The van der Waals surface area contributed by atoms with Crippen LogP contribution in [0.4, 0.5) is 10.2 Å². The van der Waals surface area contributed by atoms with Crippen LogP contribution in [0.5, 0.6) is 0 Å². The molecule has 35 heavy (non-hydrogen) atoms. The SMILES string of the molecule is CO[C@H]1CCC[C@@H](c2cnc(N)c(-c3ccc(C(=O)N[C@H](CO)c4cccc(Cl)c4)c(F)c3)n2)C1. The van der Waals surface area contributed by atoms with Gasteiger partial charge in [0, 0.05) is 23.6 Å². The third-order valence-corrected chi connectivity index (χ3v) is 6.66. The first-order valence-electron chi connectivity index (χ1n) is 11.5. The Morgan fingerprint density at radius 2 is 2.14 bits per heavy atom. The van der Waals surface area contributed by atoms with Gasteiger partial charge in [0.05, 0.1) is 36.2 Å². The molecule has 2 aromatic carbocycles. The molecule has 7 nitrogen and oxygen atoms in total. The Morgan fingerprint density at radius 3 is 2.86 bits per heavy atom. The number of nitrogens with zero attached hydrogens (tertiary/aromatic N) is 2. The molecule has 1 aliphatic rings. The Labute approximate surface area is 208 Å². The van der Waals surface area contributed by atoms with Gasteiger partial charge < -0.3 is 20.9 Å². The normalized spacial score (nSPS) is 18.7. The maximum absolute atomic E-state index is 15.0. The zero-order valence-corrected chi connectivity index (χ0v) is 20.1. The Morgan fingerprint density at radius 1 is 1.31 bits per heavy atom. The van der Waals surface area contributed by atoms with Gasteiger partial charge in [-0.15, -0.1) is 0 Å². The number of amides is 1. The number of nitrogen functional groups attached to an aromatic ring is 1. The van der Waals surface area contributed by atoms with E-state index >= 15 is 4.39 Å². The second-order valence-corrected chi connectivity index (χ2v) is 9.14. The van der Waals surface area contributed by atoms with E-state index in [1.165, 1.54) is 12.1 Å². The van der Waals surface area contributed by atoms with Gasteiger partial charge in [-0.05, 0) is 49.1 Å². The van der Waals surface area contributed by atoms with Crippen LogP contribution in [0.25, 0.3) is 11.3 Å². The van der Waals surface area contributed by atoms with Crippen molar-refractivity contribution in [2.45, 2.75) is 43.7 Å². The van der Waals surface area contributed by atoms with Crippen molar-refractivity contribution in [3.63, 3.8) is 0 Å². The molecular formula is C26H28ClFN4O3. The van der Waals surface area contributed by atoms with E-state index in [4.69, 9.17) is 27.1 Å². The maximum Gasteiger partial charge on any atom is 0.254 e. The average Bonchev–Trinajstić information content (AvgIpc) is 2.87. The molecular weight excluding hydrogens is 471 g/mol. The number of benzene rings is 2. The van der Waals surface area contributed by atoms with Crippen molar-refractivity contribution in [1.82, 2.24) is 15.3 Å². The highest BCUT2D eigenvalue weighted by Crippen LogP contribution is 2.35. The number of nitrogens with two attached hydrogens (primary N) is 1. The Kier molecular flexibility index (Phi) is 7.95. The molecule has 1 aliphatic carbocycles. The Hall–Kier alpha value is -3.07. The monoisotopic (exact) mass is 498 g/mol. The molecule has 1 saturated carbocycles. The molecule has 0 aliphatic heterocycles. The smallest absolute Gasteiger partial charge is 0.254 e. The molecule has 1 fully saturated rings. The summed E-state index contributed by atoms with van der Waals surface area (Å²) in [7, 11) is 1.71. The number of aliphatic hydroxyl groups excluding tert-OH is 1. The predicted octanol–water partition coefficient (Wildman–Crippen LogP) is 4.65. The third-order valence-electron chi connectivity index (χ3n) is 6.42. The molecule has 1 amide bonds. The second kappa shape index (κ2) is 11.1. The van der Waals surface area contributed by atoms with Gasteiger partial charge in [-0.25, -0.2) is 14.4 Å². The summed E-state index contributed by atoms with van der Waals surface area (Å²) < 4.78 is 20.6. The number of hydrogen-bond acceptors (Lipinski definition) is 6. The predicted molar refractivity (Wildman–Crippen MR) is 133 cm³/mol. The highest BCUT2D eigenvalue weighted by Gasteiger charge is 2.25. The fourth-order valence-corrected chi connectivity index (χ4v) is 4.69. The van der Waals surface area contributed by atoms with Gasteiger partial charge in [-0.2, -0.15) is 0 Å². The second-order valence-electron chi connectivity index (χ2n) is 8.71. The van der Waals surface area contributed by atoms with Crippen LogP contribution in [0.1, 0.15) is 59.3 Å². The number of anilines is 1. The minimum absolute atomic E-state index is 0.160. The van der Waals surface area contributed by atoms with E-state index < -0.39 is 17.8 Å². The Balaban J connectivity index is 1.55. The fourth-order valence-electron chi connectivity index (χ4n) is 4.49. The van der Waals surface area contributed by atoms with Crippen LogP contribution >= 0.6 is 11.6 Å². The topological polar surface area (TPSA) is 110 Å². The Bertz CT molecular complexity index is 1210. The molecule has 4 rings (SSSR count). The number of aromatic nitrogens is 2. The number of carbonyl (C=O) groups excluding carboxylic acids is 1. The summed E-state index contributed by atoms with van der Waals surface area (Å²) >= 11 is 6.01. The highest BCUT2D eigenvalue weighted by molar-refractivity contribution is 6.30. The average molecular weight is 499 g/mol. The third kappa shape index (κ3) is 5.78. The lowest BCUT2D eigenvalue weighted by atomic mass is 9.85. The van der Waals surface area contributed by atoms with Gasteiger partial charge in [0.25, 0.3) is 5.91 Å². The van der Waals surface area contributed by atoms with Crippen LogP contribution in [0.2, 0.25) is 5.02 Å². The van der Waals surface area contributed by atoms with Gasteiger partial charge in [0.1, 0.15) is 17.3 Å². The zero-order chi connectivity index (χ0) is 24.9. The van der Waals surface area contributed by atoms with Gasteiger partial charge in [0.15, 0.2) is 0 Å². The van der Waals surface area contributed by atoms with Crippen molar-refractivity contribution in [2.75, 3.05) is 19.5 Å². The lowest BCUT2D eigenvalue weighted by Gasteiger charge is -2.27. The number of nitrogens with one attached hydrogen (secondary N) is 1. The lowest BCUT2D eigenvalue weighted by molar-refractivity contribution is 0.0630. The van der Waals surface area contributed by atoms with E-state index in [2.05, 4.69) is 10.3 Å². The molecule has 1 heterocycles. The molecule has 3 aromatic rings. The minimum Gasteiger partial charge on any atom is -0.394 e. The maximum atomic E-state index is 15.0. The molecule has 0 saturated heterocycles. The van der Waals surface area contributed by atoms with Crippen molar-refractivity contribution in [3.8, 4) is 11.3 Å². The summed E-state index contributed by atoms with van der Waals surface area (Å²) in [6.45, 7) is -0.365. The molecule has 0 spiro atoms. The molecule has 0 unspecified atom stereocenters. The summed E-state index contributed by atoms with van der Waals surface area (Å²) in [4.78, 5) is 21.8. The van der Waals surface area contributed by atoms with E-state index in [9.17, 15) is 9.90 Å². The molecule has 0 bridgehead atoms. The van der Waals surface area contributed by atoms with E-state index in [0.29, 0.717) is 21.8 Å². The van der Waals surface area contributed by atoms with Crippen LogP contribution in [0.3, 0.4) is 0 Å². The first-order valence-corrected chi connectivity index (χ1v) is 11.9. The fraction of sp³-hybridized carbons (Fsp3) is 0.346. The number of halogens is 2. The first-order chi connectivity index (χ1) is 16.9. The summed E-state index contributed by atoms with van der Waals surface area (Å²) in [5.41, 5.74) is 8.13. The first kappa shape index (κ1) is 25.0. The summed E-state index contributed by atoms with van der Waals surface area (Å²) in [6, 6.07) is 10.2. The number of methoxy groups -OCH3 is 1. The molecule has 184 valence electrons. The van der Waals surface area contributed by atoms with Gasteiger partial charge in [-0.1, -0.05) is 36.2 Å². The van der Waals surface area contributed by atoms with Crippen molar-refractivity contribution >= 4 is 23.3 Å². The molecule has 0 radical (unpaired) electrons. The van der Waals surface area contributed by atoms with Crippen molar-refractivity contribution in [3.05, 3.63) is 76.3 Å². The molecule has 1 aromatic heterocycles. The molecule has 3 atom stereocenters. The van der Waals surface area contributed by atoms with Gasteiger partial charge in [0.2, 0.25) is 0 Å². The van der Waals surface area contributed by atoms with Crippen LogP contribution < -0.4 is 11.1 Å². The molecule has 9 heteroatoms. The summed E-state index contributed by atoms with van der Waals surface area (Å²) in [6.07, 6.45) is 5.73. The molecule has 4 N–H and O–H groups in total. The van der Waals surface area contributed by atoms with E-state index in [1.54, 1.807) is 43.6 Å². The number of rotatable bonds is 7. The summed E-state index contributed by atoms with van der Waals surface area (Å²) in [5.74, 6) is -1.01. The van der Waals surface area contributed by atoms with Crippen LogP contribution in [-0.4, -0.2) is 40.8 Å². The number of aliphatic hydroxyl groups is 1. The highest BCUT2D eigenvalue weighted by atomic mass is 35.5. The quantitative estimate of drug-likeness (QED) is 0.437. The number of carbonyl (C=O) groups is 1. The standard InChI is InChI=1S/C26H28ClFN4O3/c1-35-19-7-3-5-16(11-19)22-13-30-25(29)24(31-22)17-8-9-20(21(28)12-17)26(34)32-23(14-33)15-4-2-6-18(27)10-15/h2,4,6,8-10,12-13,16,19,23,33H,3,5,7,11,14H2,1H3,(H2,29,30)(H,32,34)/t16-,19+,23-/m1/s1. The lowest BCUT2D eigenvalue weighted by Crippen LogP contribution is -2.31. The van der Waals surface area contributed by atoms with Crippen LogP contribution in [0.15, 0.2) is 48.7 Å². The number of hydrogen-bond donors (Lipinski definition) is 3. The van der Waals surface area contributed by atoms with Gasteiger partial charge in [-0.3, -0.25) is 4.79 Å². The van der Waals surface area contributed by atoms with E-state index in [1.807, 2.05) is 0 Å². The van der Waals surface area contributed by atoms with Crippen molar-refractivity contribution in [2.24, 2.45) is 0 Å². The van der Waals surface area contributed by atoms with Gasteiger partial charge >= 0.3 is 0 Å². The van der Waals surface area contributed by atoms with Crippen molar-refractivity contribution in [1.29, 1.82) is 0 Å². The number of ether oxygens (including phenoxy) is 1. The van der Waals surface area contributed by atoms with Crippen LogP contribution in [-0.2, 0) is 4.74 Å². The van der Waals surface area contributed by atoms with E-state index in [-0.39, 0.29) is 30.0 Å². The van der Waals surface area contributed by atoms with E-state index in [0.717, 1.165) is 31.4 Å². The van der Waals surface area contributed by atoms with Crippen LogP contribution in [0, 0.1) is 5.82 Å². The largest absolute Gasteiger partial charge is 0.394 e. The van der Waals surface area contributed by atoms with Crippen molar-refractivity contribution < 1.29 is 19.0 Å². The minimum atomic E-state index is -0.732.